The van der Waals surface area contributed by atoms with E-state index >= 15 is 0 Å². The van der Waals surface area contributed by atoms with Crippen LogP contribution in [-0.2, 0) is 4.74 Å². The number of likely N-dealkylation sites (tertiary alicyclic amines) is 1. The molecule has 0 aliphatic carbocycles. The summed E-state index contributed by atoms with van der Waals surface area (Å²) in [7, 11) is 1.70. The van der Waals surface area contributed by atoms with E-state index in [1.807, 2.05) is 0 Å². The van der Waals surface area contributed by atoms with Crippen LogP contribution in [0.15, 0.2) is 0 Å². The molecule has 16 heavy (non-hydrogen) atoms. The quantitative estimate of drug-likeness (QED) is 0.690. The van der Waals surface area contributed by atoms with Gasteiger partial charge in [-0.1, -0.05) is 26.7 Å². The summed E-state index contributed by atoms with van der Waals surface area (Å²) >= 11 is 0. The van der Waals surface area contributed by atoms with Gasteiger partial charge in [0, 0.05) is 20.2 Å². The van der Waals surface area contributed by atoms with Gasteiger partial charge in [-0.3, -0.25) is 4.90 Å². The summed E-state index contributed by atoms with van der Waals surface area (Å²) in [6.07, 6.45) is 5.18. The molecule has 3 nitrogen and oxygen atoms in total. The maximum Gasteiger partial charge on any atom is 0.0640 e. The first-order chi connectivity index (χ1) is 7.71. The van der Waals surface area contributed by atoms with E-state index in [0.29, 0.717) is 12.0 Å². The van der Waals surface area contributed by atoms with Gasteiger partial charge in [0.2, 0.25) is 0 Å². The molecule has 3 heteroatoms. The van der Waals surface area contributed by atoms with Crippen LogP contribution in [0.1, 0.15) is 39.5 Å². The van der Waals surface area contributed by atoms with Crippen LogP contribution in [0.5, 0.6) is 0 Å². The lowest BCUT2D eigenvalue weighted by Crippen LogP contribution is -2.61. The number of rotatable bonds is 8. The van der Waals surface area contributed by atoms with Crippen molar-refractivity contribution >= 4 is 0 Å². The van der Waals surface area contributed by atoms with Crippen LogP contribution in [0.4, 0.5) is 0 Å². The van der Waals surface area contributed by atoms with E-state index in [0.717, 1.165) is 13.1 Å². The largest absolute Gasteiger partial charge is 0.395 e. The fourth-order valence-electron chi connectivity index (χ4n) is 3.04. The van der Waals surface area contributed by atoms with E-state index in [9.17, 15) is 5.11 Å². The molecule has 1 fully saturated rings. The highest BCUT2D eigenvalue weighted by Gasteiger charge is 2.43. The number of hydrogen-bond donors (Lipinski definition) is 1. The van der Waals surface area contributed by atoms with Crippen LogP contribution in [0, 0.1) is 5.41 Å². The van der Waals surface area contributed by atoms with Crippen LogP contribution in [-0.4, -0.2) is 49.5 Å². The molecule has 0 bridgehead atoms. The van der Waals surface area contributed by atoms with Gasteiger partial charge in [-0.05, 0) is 18.3 Å². The molecule has 1 N–H and O–H groups in total. The average Bonchev–Trinajstić information content (AvgIpc) is 2.22. The Labute approximate surface area is 99.8 Å². The maximum atomic E-state index is 9.30. The first-order valence-electron chi connectivity index (χ1n) is 6.55. The van der Waals surface area contributed by atoms with E-state index < -0.39 is 0 Å². The topological polar surface area (TPSA) is 32.7 Å². The minimum Gasteiger partial charge on any atom is -0.395 e. The highest BCUT2D eigenvalue weighted by atomic mass is 16.5. The zero-order valence-corrected chi connectivity index (χ0v) is 11.0. The molecule has 1 saturated heterocycles. The number of methoxy groups -OCH3 is 1. The predicted molar refractivity (Wildman–Crippen MR) is 66.6 cm³/mol. The monoisotopic (exact) mass is 229 g/mol. The van der Waals surface area contributed by atoms with E-state index in [1.54, 1.807) is 7.11 Å². The molecule has 0 aromatic carbocycles. The third-order valence-corrected chi connectivity index (χ3v) is 3.72. The van der Waals surface area contributed by atoms with Gasteiger partial charge >= 0.3 is 0 Å². The first kappa shape index (κ1) is 13.9. The summed E-state index contributed by atoms with van der Waals surface area (Å²) in [4.78, 5) is 2.37. The molecule has 0 aromatic rings. The van der Waals surface area contributed by atoms with Crippen molar-refractivity contribution in [3.8, 4) is 0 Å². The molecule has 1 rings (SSSR count). The maximum absolute atomic E-state index is 9.30. The van der Waals surface area contributed by atoms with Gasteiger partial charge in [-0.2, -0.15) is 0 Å². The Kier molecular flexibility index (Phi) is 5.73. The molecule has 1 aliphatic heterocycles. The Bertz CT molecular complexity index is 182. The Hall–Kier alpha value is -0.120. The van der Waals surface area contributed by atoms with Gasteiger partial charge in [0.1, 0.15) is 0 Å². The van der Waals surface area contributed by atoms with Gasteiger partial charge in [0.25, 0.3) is 0 Å². The van der Waals surface area contributed by atoms with Gasteiger partial charge in [0.15, 0.2) is 0 Å². The number of aliphatic hydroxyl groups is 1. The lowest BCUT2D eigenvalue weighted by atomic mass is 9.72. The summed E-state index contributed by atoms with van der Waals surface area (Å²) in [5.74, 6) is 0. The van der Waals surface area contributed by atoms with Crippen molar-refractivity contribution in [1.82, 2.24) is 4.90 Å². The molecule has 0 spiro atoms. The Balaban J connectivity index is 2.41. The predicted octanol–water partition coefficient (Wildman–Crippen LogP) is 1.90. The second kappa shape index (κ2) is 6.58. The van der Waals surface area contributed by atoms with E-state index in [1.165, 1.54) is 25.7 Å². The van der Waals surface area contributed by atoms with Gasteiger partial charge < -0.3 is 9.84 Å². The van der Waals surface area contributed by atoms with Crippen LogP contribution in [0.25, 0.3) is 0 Å². The zero-order valence-electron chi connectivity index (χ0n) is 11.0. The van der Waals surface area contributed by atoms with Crippen molar-refractivity contribution in [3.63, 3.8) is 0 Å². The minimum absolute atomic E-state index is 0.201. The molecule has 0 saturated carbocycles. The second-order valence-electron chi connectivity index (χ2n) is 5.20. The number of ether oxygens (including phenoxy) is 1. The fourth-order valence-corrected chi connectivity index (χ4v) is 3.04. The van der Waals surface area contributed by atoms with Crippen molar-refractivity contribution in [1.29, 1.82) is 0 Å². The normalized spacial score (nSPS) is 21.8. The van der Waals surface area contributed by atoms with Crippen molar-refractivity contribution in [2.24, 2.45) is 5.41 Å². The highest BCUT2D eigenvalue weighted by molar-refractivity contribution is 4.96. The SMILES string of the molecule is CCCC1(CCC)CN(C(CO)COC)C1. The molecule has 0 radical (unpaired) electrons. The fraction of sp³-hybridized carbons (Fsp3) is 1.00. The molecule has 1 unspecified atom stereocenters. The molecule has 1 atom stereocenters. The number of nitrogens with zero attached hydrogens (tertiary/aromatic N) is 1. The standard InChI is InChI=1S/C13H27NO2/c1-4-6-13(7-5-2)10-14(11-13)12(8-15)9-16-3/h12,15H,4-11H2,1-3H3. The number of aliphatic hydroxyl groups excluding tert-OH is 1. The smallest absolute Gasteiger partial charge is 0.0640 e. The summed E-state index contributed by atoms with van der Waals surface area (Å²) in [5, 5.41) is 9.30. The zero-order chi connectivity index (χ0) is 12.0. The molecule has 96 valence electrons. The van der Waals surface area contributed by atoms with Crippen molar-refractivity contribution in [2.45, 2.75) is 45.6 Å². The van der Waals surface area contributed by atoms with Gasteiger partial charge in [-0.25, -0.2) is 0 Å². The summed E-state index contributed by atoms with van der Waals surface area (Å²) in [6, 6.07) is 0.201. The minimum atomic E-state index is 0.201. The van der Waals surface area contributed by atoms with Crippen molar-refractivity contribution in [3.05, 3.63) is 0 Å². The average molecular weight is 229 g/mol. The molecule has 0 aromatic heterocycles. The van der Waals surface area contributed by atoms with Crippen LogP contribution in [0.3, 0.4) is 0 Å². The molecular formula is C13H27NO2. The lowest BCUT2D eigenvalue weighted by Gasteiger charge is -2.53. The Morgan fingerprint density at radius 3 is 2.19 bits per heavy atom. The van der Waals surface area contributed by atoms with E-state index in [-0.39, 0.29) is 12.6 Å². The summed E-state index contributed by atoms with van der Waals surface area (Å²) < 4.78 is 5.14. The second-order valence-corrected chi connectivity index (χ2v) is 5.20. The highest BCUT2D eigenvalue weighted by Crippen LogP contribution is 2.40. The van der Waals surface area contributed by atoms with Crippen molar-refractivity contribution < 1.29 is 9.84 Å². The lowest BCUT2D eigenvalue weighted by molar-refractivity contribution is -0.0745. The van der Waals surface area contributed by atoms with Crippen LogP contribution < -0.4 is 0 Å². The van der Waals surface area contributed by atoms with Crippen LogP contribution >= 0.6 is 0 Å². The third-order valence-electron chi connectivity index (χ3n) is 3.72. The Morgan fingerprint density at radius 1 is 1.25 bits per heavy atom. The molecular weight excluding hydrogens is 202 g/mol. The summed E-state index contributed by atoms with van der Waals surface area (Å²) in [6.45, 7) is 7.66. The van der Waals surface area contributed by atoms with Crippen LogP contribution in [0.2, 0.25) is 0 Å². The van der Waals surface area contributed by atoms with Gasteiger partial charge in [-0.15, -0.1) is 0 Å². The summed E-state index contributed by atoms with van der Waals surface area (Å²) in [5.41, 5.74) is 0.532. The van der Waals surface area contributed by atoms with E-state index in [4.69, 9.17) is 4.74 Å². The molecule has 1 heterocycles. The first-order valence-corrected chi connectivity index (χ1v) is 6.55. The van der Waals surface area contributed by atoms with Gasteiger partial charge in [0.05, 0.1) is 19.3 Å². The van der Waals surface area contributed by atoms with Crippen molar-refractivity contribution in [2.75, 3.05) is 33.4 Å². The molecule has 1 aliphatic rings. The molecule has 0 amide bonds. The third kappa shape index (κ3) is 3.19. The van der Waals surface area contributed by atoms with E-state index in [2.05, 4.69) is 18.7 Å². The Morgan fingerprint density at radius 2 is 1.81 bits per heavy atom. The number of hydrogen-bond acceptors (Lipinski definition) is 3.